The Labute approximate surface area is 119 Å². The molecule has 2 rings (SSSR count). The first-order valence-corrected chi connectivity index (χ1v) is 7.07. The molecule has 0 radical (unpaired) electrons. The van der Waals surface area contributed by atoms with Gasteiger partial charge in [-0.1, -0.05) is 23.7 Å². The zero-order valence-corrected chi connectivity index (χ0v) is 12.2. The molecule has 2 atom stereocenters. The summed E-state index contributed by atoms with van der Waals surface area (Å²) in [4.78, 5) is 0. The van der Waals surface area contributed by atoms with Crippen molar-refractivity contribution in [1.29, 1.82) is 0 Å². The molecule has 0 aliphatic heterocycles. The fourth-order valence-corrected chi connectivity index (χ4v) is 2.39. The van der Waals surface area contributed by atoms with E-state index in [0.717, 1.165) is 23.6 Å². The smallest absolute Gasteiger partial charge is 0.103 e. The lowest BCUT2D eigenvalue weighted by atomic mass is 10.1. The molecule has 2 aromatic rings. The van der Waals surface area contributed by atoms with E-state index < -0.39 is 0 Å². The molecule has 1 heterocycles. The molecule has 0 aliphatic carbocycles. The molecule has 102 valence electrons. The number of aryl methyl sites for hydroxylation is 1. The summed E-state index contributed by atoms with van der Waals surface area (Å²) in [6.07, 6.45) is 3.74. The molecule has 1 aromatic carbocycles. The quantitative estimate of drug-likeness (QED) is 0.834. The van der Waals surface area contributed by atoms with Crippen LogP contribution in [0.1, 0.15) is 37.6 Å². The van der Waals surface area contributed by atoms with Gasteiger partial charge in [0.25, 0.3) is 0 Å². The van der Waals surface area contributed by atoms with Gasteiger partial charge in [0.05, 0.1) is 6.26 Å². The van der Waals surface area contributed by atoms with Crippen LogP contribution >= 0.6 is 11.6 Å². The number of hydrogen-bond donors (Lipinski definition) is 1. The molecule has 0 fully saturated rings. The maximum atomic E-state index is 6.01. The van der Waals surface area contributed by atoms with E-state index in [-0.39, 0.29) is 0 Å². The third-order valence-electron chi connectivity index (χ3n) is 3.29. The minimum atomic E-state index is 0.297. The second kappa shape index (κ2) is 6.78. The molecule has 1 aromatic heterocycles. The molecule has 0 spiro atoms. The number of nitrogens with one attached hydrogen (secondary N) is 1. The Morgan fingerprint density at radius 3 is 2.74 bits per heavy atom. The second-order valence-corrected chi connectivity index (χ2v) is 5.40. The zero-order chi connectivity index (χ0) is 13.7. The summed E-state index contributed by atoms with van der Waals surface area (Å²) < 4.78 is 5.34. The van der Waals surface area contributed by atoms with Crippen LogP contribution in [0.15, 0.2) is 47.1 Å². The first-order valence-electron chi connectivity index (χ1n) is 6.69. The van der Waals surface area contributed by atoms with Crippen LogP contribution in [0.25, 0.3) is 0 Å². The third-order valence-corrected chi connectivity index (χ3v) is 3.52. The molecule has 3 heteroatoms. The summed E-state index contributed by atoms with van der Waals surface area (Å²) >= 11 is 6.01. The van der Waals surface area contributed by atoms with Gasteiger partial charge in [0.15, 0.2) is 0 Å². The molecule has 1 unspecified atom stereocenters. The summed E-state index contributed by atoms with van der Waals surface area (Å²) in [5.41, 5.74) is 1.22. The Kier molecular flexibility index (Phi) is 5.06. The fraction of sp³-hybridized carbons (Fsp3) is 0.375. The Hall–Kier alpha value is -1.25. The van der Waals surface area contributed by atoms with Gasteiger partial charge in [0.2, 0.25) is 0 Å². The predicted molar refractivity (Wildman–Crippen MR) is 79.5 cm³/mol. The molecule has 0 aliphatic rings. The first kappa shape index (κ1) is 14.2. The zero-order valence-electron chi connectivity index (χ0n) is 11.4. The maximum absolute atomic E-state index is 6.01. The standard InChI is InChI=1S/C16H20ClNO/c1-12(8-9-16-7-4-10-19-16)18-13(2)14-5-3-6-15(17)11-14/h3-7,10-13,18H,8-9H2,1-2H3/t12?,13-/m0/s1. The number of hydrogen-bond acceptors (Lipinski definition) is 2. The van der Waals surface area contributed by atoms with Gasteiger partial charge in [-0.3, -0.25) is 0 Å². The SMILES string of the molecule is CC(CCc1ccco1)N[C@@H](C)c1cccc(Cl)c1. The summed E-state index contributed by atoms with van der Waals surface area (Å²) in [6, 6.07) is 12.7. The van der Waals surface area contributed by atoms with Gasteiger partial charge in [-0.15, -0.1) is 0 Å². The molecular formula is C16H20ClNO. The molecule has 0 saturated carbocycles. The summed E-state index contributed by atoms with van der Waals surface area (Å²) in [5.74, 6) is 1.05. The van der Waals surface area contributed by atoms with E-state index in [2.05, 4.69) is 25.2 Å². The van der Waals surface area contributed by atoms with Gasteiger partial charge >= 0.3 is 0 Å². The van der Waals surface area contributed by atoms with Crippen molar-refractivity contribution >= 4 is 11.6 Å². The molecular weight excluding hydrogens is 258 g/mol. The summed E-state index contributed by atoms with van der Waals surface area (Å²) in [5, 5.41) is 4.37. The lowest BCUT2D eigenvalue weighted by Gasteiger charge is -2.20. The Bertz CT molecular complexity index is 495. The molecule has 2 nitrogen and oxygen atoms in total. The minimum Gasteiger partial charge on any atom is -0.469 e. The van der Waals surface area contributed by atoms with Crippen LogP contribution in [0, 0.1) is 0 Å². The monoisotopic (exact) mass is 277 g/mol. The normalized spacial score (nSPS) is 14.3. The van der Waals surface area contributed by atoms with Crippen molar-refractivity contribution < 1.29 is 4.42 Å². The van der Waals surface area contributed by atoms with Crippen LogP contribution in [0.5, 0.6) is 0 Å². The lowest BCUT2D eigenvalue weighted by molar-refractivity contribution is 0.430. The van der Waals surface area contributed by atoms with E-state index in [1.807, 2.05) is 30.3 Å². The fourth-order valence-electron chi connectivity index (χ4n) is 2.20. The number of halogens is 1. The maximum Gasteiger partial charge on any atom is 0.103 e. The topological polar surface area (TPSA) is 25.2 Å². The third kappa shape index (κ3) is 4.41. The van der Waals surface area contributed by atoms with Crippen LogP contribution in [0.3, 0.4) is 0 Å². The Balaban J connectivity index is 1.83. The summed E-state index contributed by atoms with van der Waals surface area (Å²) in [7, 11) is 0. The van der Waals surface area contributed by atoms with E-state index in [1.165, 1.54) is 5.56 Å². The molecule has 19 heavy (non-hydrogen) atoms. The summed E-state index contributed by atoms with van der Waals surface area (Å²) in [6.45, 7) is 4.36. The molecule has 0 bridgehead atoms. The first-order chi connectivity index (χ1) is 9.15. The van der Waals surface area contributed by atoms with E-state index in [4.69, 9.17) is 16.0 Å². The Morgan fingerprint density at radius 2 is 2.05 bits per heavy atom. The average Bonchev–Trinajstić information content (AvgIpc) is 2.89. The van der Waals surface area contributed by atoms with Crippen molar-refractivity contribution in [1.82, 2.24) is 5.32 Å². The van der Waals surface area contributed by atoms with E-state index in [9.17, 15) is 0 Å². The van der Waals surface area contributed by atoms with Crippen molar-refractivity contribution in [2.75, 3.05) is 0 Å². The van der Waals surface area contributed by atoms with E-state index in [1.54, 1.807) is 6.26 Å². The highest BCUT2D eigenvalue weighted by Crippen LogP contribution is 2.18. The van der Waals surface area contributed by atoms with Crippen molar-refractivity contribution in [3.05, 3.63) is 59.0 Å². The van der Waals surface area contributed by atoms with Gasteiger partial charge in [0, 0.05) is 23.5 Å². The van der Waals surface area contributed by atoms with Crippen molar-refractivity contribution in [2.45, 2.75) is 38.8 Å². The van der Waals surface area contributed by atoms with Crippen molar-refractivity contribution in [3.63, 3.8) is 0 Å². The average molecular weight is 278 g/mol. The Morgan fingerprint density at radius 1 is 1.21 bits per heavy atom. The molecule has 1 N–H and O–H groups in total. The van der Waals surface area contributed by atoms with Crippen LogP contribution in [0.4, 0.5) is 0 Å². The highest BCUT2D eigenvalue weighted by Gasteiger charge is 2.10. The van der Waals surface area contributed by atoms with E-state index in [0.29, 0.717) is 12.1 Å². The number of furan rings is 1. The van der Waals surface area contributed by atoms with Gasteiger partial charge in [-0.05, 0) is 50.1 Å². The van der Waals surface area contributed by atoms with Crippen LogP contribution in [0.2, 0.25) is 5.02 Å². The van der Waals surface area contributed by atoms with Gasteiger partial charge < -0.3 is 9.73 Å². The van der Waals surface area contributed by atoms with Crippen LogP contribution in [-0.4, -0.2) is 6.04 Å². The van der Waals surface area contributed by atoms with Gasteiger partial charge in [-0.2, -0.15) is 0 Å². The second-order valence-electron chi connectivity index (χ2n) is 4.96. The van der Waals surface area contributed by atoms with Crippen LogP contribution in [-0.2, 0) is 6.42 Å². The number of benzene rings is 1. The lowest BCUT2D eigenvalue weighted by Crippen LogP contribution is -2.29. The molecule has 0 amide bonds. The largest absolute Gasteiger partial charge is 0.469 e. The predicted octanol–water partition coefficient (Wildman–Crippen LogP) is 4.60. The van der Waals surface area contributed by atoms with Crippen molar-refractivity contribution in [3.8, 4) is 0 Å². The minimum absolute atomic E-state index is 0.297. The highest BCUT2D eigenvalue weighted by molar-refractivity contribution is 6.30. The van der Waals surface area contributed by atoms with Gasteiger partial charge in [-0.25, -0.2) is 0 Å². The van der Waals surface area contributed by atoms with E-state index >= 15 is 0 Å². The van der Waals surface area contributed by atoms with Crippen LogP contribution < -0.4 is 5.32 Å². The van der Waals surface area contributed by atoms with Gasteiger partial charge in [0.1, 0.15) is 5.76 Å². The van der Waals surface area contributed by atoms with Crippen molar-refractivity contribution in [2.24, 2.45) is 0 Å². The molecule has 0 saturated heterocycles. The highest BCUT2D eigenvalue weighted by atomic mass is 35.5. The number of rotatable bonds is 6.